The molecular weight excluding hydrogens is 338 g/mol. The van der Waals surface area contributed by atoms with Gasteiger partial charge in [-0.15, -0.1) is 0 Å². The van der Waals surface area contributed by atoms with Crippen LogP contribution in [0.15, 0.2) is 24.3 Å². The van der Waals surface area contributed by atoms with Crippen LogP contribution in [0.3, 0.4) is 0 Å². The maximum Gasteiger partial charge on any atom is 0.284 e. The van der Waals surface area contributed by atoms with Gasteiger partial charge in [0.1, 0.15) is 6.10 Å². The van der Waals surface area contributed by atoms with E-state index in [9.17, 15) is 4.79 Å². The Kier molecular flexibility index (Phi) is 3.11. The maximum absolute atomic E-state index is 12.8. The van der Waals surface area contributed by atoms with Crippen molar-refractivity contribution in [2.75, 3.05) is 19.8 Å². The van der Waals surface area contributed by atoms with Crippen LogP contribution in [0, 0.1) is 0 Å². The first-order valence-electron chi connectivity index (χ1n) is 7.16. The summed E-state index contributed by atoms with van der Waals surface area (Å²) in [6, 6.07) is 7.42. The van der Waals surface area contributed by atoms with E-state index >= 15 is 0 Å². The number of carbonyl (C=O) groups excluding carboxylic acids is 1. The number of alkyl halides is 1. The van der Waals surface area contributed by atoms with Crippen LogP contribution in [0.1, 0.15) is 22.8 Å². The lowest BCUT2D eigenvalue weighted by molar-refractivity contribution is -0.370. The number of rotatable bonds is 2. The van der Waals surface area contributed by atoms with Crippen molar-refractivity contribution in [2.24, 2.45) is 0 Å². The summed E-state index contributed by atoms with van der Waals surface area (Å²) in [5.74, 6) is -1.16. The van der Waals surface area contributed by atoms with Gasteiger partial charge in [-0.3, -0.25) is 9.69 Å². The Bertz CT molecular complexity index is 595. The Morgan fingerprint density at radius 1 is 1.43 bits per heavy atom. The predicted octanol–water partition coefficient (Wildman–Crippen LogP) is 1.85. The van der Waals surface area contributed by atoms with Crippen molar-refractivity contribution in [3.05, 3.63) is 35.4 Å². The highest BCUT2D eigenvalue weighted by molar-refractivity contribution is 9.09. The molecule has 21 heavy (non-hydrogen) atoms. The first-order valence-corrected chi connectivity index (χ1v) is 8.07. The first-order chi connectivity index (χ1) is 10.2. The van der Waals surface area contributed by atoms with Gasteiger partial charge >= 0.3 is 0 Å². The minimum atomic E-state index is -1.11. The third-order valence-electron chi connectivity index (χ3n) is 4.31. The summed E-state index contributed by atoms with van der Waals surface area (Å²) in [7, 11) is 0. The highest BCUT2D eigenvalue weighted by Gasteiger charge is 2.62. The average Bonchev–Trinajstić information content (AvgIpc) is 2.71. The van der Waals surface area contributed by atoms with Gasteiger partial charge < -0.3 is 14.2 Å². The van der Waals surface area contributed by atoms with Crippen LogP contribution in [0.2, 0.25) is 0 Å². The SMILES string of the molecule is CCO[C@@]12O[C@@H]3COCC([C@H]3Br)N1C(=O)c1ccccc12. The minimum absolute atomic E-state index is 0.0538. The Hall–Kier alpha value is -0.950. The van der Waals surface area contributed by atoms with Crippen molar-refractivity contribution >= 4 is 21.8 Å². The molecule has 5 nitrogen and oxygen atoms in total. The van der Waals surface area contributed by atoms with Crippen LogP contribution in [-0.2, 0) is 20.1 Å². The molecule has 0 radical (unpaired) electrons. The quantitative estimate of drug-likeness (QED) is 0.761. The van der Waals surface area contributed by atoms with Gasteiger partial charge in [0.25, 0.3) is 11.8 Å². The number of carbonyl (C=O) groups is 1. The van der Waals surface area contributed by atoms with Crippen LogP contribution in [0.4, 0.5) is 0 Å². The predicted molar refractivity (Wildman–Crippen MR) is 78.1 cm³/mol. The topological polar surface area (TPSA) is 48.0 Å². The number of halogens is 1. The highest BCUT2D eigenvalue weighted by Crippen LogP contribution is 2.49. The van der Waals surface area contributed by atoms with E-state index in [-0.39, 0.29) is 22.9 Å². The monoisotopic (exact) mass is 353 g/mol. The molecular formula is C15H16BrNO4. The highest BCUT2D eigenvalue weighted by atomic mass is 79.9. The van der Waals surface area contributed by atoms with E-state index in [2.05, 4.69) is 15.9 Å². The molecule has 0 spiro atoms. The van der Waals surface area contributed by atoms with Gasteiger partial charge in [-0.25, -0.2) is 0 Å². The van der Waals surface area contributed by atoms with E-state index in [0.29, 0.717) is 25.4 Å². The zero-order chi connectivity index (χ0) is 14.6. The lowest BCUT2D eigenvalue weighted by Gasteiger charge is -2.53. The van der Waals surface area contributed by atoms with Gasteiger partial charge in [0.05, 0.1) is 29.6 Å². The molecule has 2 fully saturated rings. The summed E-state index contributed by atoms with van der Waals surface area (Å²) >= 11 is 3.66. The third-order valence-corrected chi connectivity index (χ3v) is 5.51. The number of amides is 1. The smallest absolute Gasteiger partial charge is 0.284 e. The van der Waals surface area contributed by atoms with Gasteiger partial charge in [0, 0.05) is 12.2 Å². The summed E-state index contributed by atoms with van der Waals surface area (Å²) in [5, 5.41) is 0. The second-order valence-corrected chi connectivity index (χ2v) is 6.50. The van der Waals surface area contributed by atoms with Crippen LogP contribution in [-0.4, -0.2) is 47.6 Å². The van der Waals surface area contributed by atoms with Crippen molar-refractivity contribution < 1.29 is 19.0 Å². The van der Waals surface area contributed by atoms with Crippen molar-refractivity contribution in [1.82, 2.24) is 4.90 Å². The Labute approximate surface area is 131 Å². The van der Waals surface area contributed by atoms with E-state index in [0.717, 1.165) is 5.56 Å². The van der Waals surface area contributed by atoms with Crippen LogP contribution < -0.4 is 0 Å². The largest absolute Gasteiger partial charge is 0.377 e. The molecule has 1 aromatic rings. The Morgan fingerprint density at radius 2 is 2.24 bits per heavy atom. The van der Waals surface area contributed by atoms with Gasteiger partial charge in [0.15, 0.2) is 0 Å². The molecule has 1 amide bonds. The Morgan fingerprint density at radius 3 is 3.05 bits per heavy atom. The van der Waals surface area contributed by atoms with Crippen molar-refractivity contribution in [2.45, 2.75) is 29.8 Å². The fourth-order valence-corrected chi connectivity index (χ4v) is 4.11. The number of ether oxygens (including phenoxy) is 3. The Balaban J connectivity index is 1.90. The van der Waals surface area contributed by atoms with E-state index in [1.54, 1.807) is 4.90 Å². The molecule has 2 bridgehead atoms. The third kappa shape index (κ3) is 1.70. The molecule has 4 atom stereocenters. The average molecular weight is 354 g/mol. The van der Waals surface area contributed by atoms with Gasteiger partial charge in [-0.2, -0.15) is 0 Å². The van der Waals surface area contributed by atoms with E-state index in [4.69, 9.17) is 14.2 Å². The zero-order valence-electron chi connectivity index (χ0n) is 11.6. The van der Waals surface area contributed by atoms with Crippen molar-refractivity contribution in [1.29, 1.82) is 0 Å². The number of hydrogen-bond acceptors (Lipinski definition) is 4. The lowest BCUT2D eigenvalue weighted by Crippen LogP contribution is -2.68. The van der Waals surface area contributed by atoms with E-state index < -0.39 is 5.91 Å². The summed E-state index contributed by atoms with van der Waals surface area (Å²) in [6.45, 7) is 3.37. The molecule has 0 aromatic heterocycles. The van der Waals surface area contributed by atoms with Gasteiger partial charge in [-0.05, 0) is 13.0 Å². The summed E-state index contributed by atoms with van der Waals surface area (Å²) in [5.41, 5.74) is 1.45. The molecule has 6 heteroatoms. The van der Waals surface area contributed by atoms with Crippen LogP contribution in [0.25, 0.3) is 0 Å². The fourth-order valence-electron chi connectivity index (χ4n) is 3.46. The van der Waals surface area contributed by atoms with Gasteiger partial charge in [-0.1, -0.05) is 34.1 Å². The summed E-state index contributed by atoms with van der Waals surface area (Å²) < 4.78 is 17.8. The minimum Gasteiger partial charge on any atom is -0.377 e. The molecule has 0 N–H and O–H groups in total. The first kappa shape index (κ1) is 13.7. The molecule has 0 aliphatic carbocycles. The van der Waals surface area contributed by atoms with Crippen LogP contribution >= 0.6 is 15.9 Å². The molecule has 0 saturated carbocycles. The molecule has 4 rings (SSSR count). The fraction of sp³-hybridized carbons (Fsp3) is 0.533. The molecule has 3 heterocycles. The molecule has 3 aliphatic rings. The molecule has 112 valence electrons. The molecule has 2 saturated heterocycles. The summed E-state index contributed by atoms with van der Waals surface area (Å²) in [6.07, 6.45) is -0.134. The number of nitrogens with zero attached hydrogens (tertiary/aromatic N) is 1. The number of benzene rings is 1. The van der Waals surface area contributed by atoms with E-state index in [1.807, 2.05) is 31.2 Å². The standard InChI is InChI=1S/C15H16BrNO4/c1-2-20-15-10-6-4-3-5-9(10)14(18)17(15)11-7-19-8-12(21-15)13(11)16/h3-6,11-13H,2,7-8H2,1H3/t11?,12-,13-,15+/m1/s1. The molecule has 1 aromatic carbocycles. The summed E-state index contributed by atoms with van der Waals surface area (Å²) in [4.78, 5) is 14.6. The number of hydrogen-bond donors (Lipinski definition) is 0. The second kappa shape index (κ2) is 4.78. The zero-order valence-corrected chi connectivity index (χ0v) is 13.2. The van der Waals surface area contributed by atoms with Crippen LogP contribution in [0.5, 0.6) is 0 Å². The molecule has 3 aliphatic heterocycles. The van der Waals surface area contributed by atoms with Gasteiger partial charge in [0.2, 0.25) is 0 Å². The van der Waals surface area contributed by atoms with E-state index in [1.165, 1.54) is 0 Å². The second-order valence-electron chi connectivity index (χ2n) is 5.44. The normalized spacial score (nSPS) is 37.3. The molecule has 1 unspecified atom stereocenters. The number of fused-ring (bicyclic) bond motifs is 6. The van der Waals surface area contributed by atoms with Crippen molar-refractivity contribution in [3.8, 4) is 0 Å². The maximum atomic E-state index is 12.8. The van der Waals surface area contributed by atoms with Crippen molar-refractivity contribution in [3.63, 3.8) is 0 Å². The lowest BCUT2D eigenvalue weighted by atomic mass is 10.0.